The van der Waals surface area contributed by atoms with Gasteiger partial charge in [-0.2, -0.15) is 5.10 Å². The highest BCUT2D eigenvalue weighted by Crippen LogP contribution is 2.13. The lowest BCUT2D eigenvalue weighted by Crippen LogP contribution is -2.11. The third-order valence-electron chi connectivity index (χ3n) is 2.36. The zero-order valence-corrected chi connectivity index (χ0v) is 11.7. The minimum atomic E-state index is -0.202. The summed E-state index contributed by atoms with van der Waals surface area (Å²) in [7, 11) is 0. The standard InChI is InChI=1S/C12H13BrN4O/c1-8(2)17-7-11(6-15-17)16-12(18)9-3-10(13)5-14-4-9/h3-8H,1-2H3,(H,16,18). The molecule has 2 aromatic rings. The average Bonchev–Trinajstić information content (AvgIpc) is 2.77. The van der Waals surface area contributed by atoms with Crippen LogP contribution in [0.5, 0.6) is 0 Å². The van der Waals surface area contributed by atoms with Gasteiger partial charge in [0.25, 0.3) is 5.91 Å². The van der Waals surface area contributed by atoms with Crippen LogP contribution in [0.1, 0.15) is 30.2 Å². The molecule has 0 aliphatic carbocycles. The van der Waals surface area contributed by atoms with Crippen LogP contribution in [0.15, 0.2) is 35.3 Å². The number of amides is 1. The summed E-state index contributed by atoms with van der Waals surface area (Å²) in [4.78, 5) is 15.9. The van der Waals surface area contributed by atoms with Gasteiger partial charge in [0, 0.05) is 29.1 Å². The van der Waals surface area contributed by atoms with E-state index in [-0.39, 0.29) is 11.9 Å². The summed E-state index contributed by atoms with van der Waals surface area (Å²) in [5.74, 6) is -0.202. The van der Waals surface area contributed by atoms with Gasteiger partial charge in [0.2, 0.25) is 0 Å². The molecule has 0 aromatic carbocycles. The topological polar surface area (TPSA) is 59.8 Å². The molecule has 6 heteroatoms. The Bertz CT molecular complexity index is 565. The van der Waals surface area contributed by atoms with Crippen molar-refractivity contribution < 1.29 is 4.79 Å². The molecule has 0 bridgehead atoms. The van der Waals surface area contributed by atoms with Crippen molar-refractivity contribution in [1.29, 1.82) is 0 Å². The normalized spacial score (nSPS) is 10.7. The summed E-state index contributed by atoms with van der Waals surface area (Å²) in [5, 5.41) is 6.93. The number of hydrogen-bond donors (Lipinski definition) is 1. The van der Waals surface area contributed by atoms with Crippen molar-refractivity contribution in [3.8, 4) is 0 Å². The lowest BCUT2D eigenvalue weighted by atomic mass is 10.2. The summed E-state index contributed by atoms with van der Waals surface area (Å²) < 4.78 is 2.56. The van der Waals surface area contributed by atoms with Crippen molar-refractivity contribution in [3.63, 3.8) is 0 Å². The number of pyridine rings is 1. The van der Waals surface area contributed by atoms with Crippen LogP contribution < -0.4 is 5.32 Å². The van der Waals surface area contributed by atoms with Crippen LogP contribution in [0, 0.1) is 0 Å². The number of nitrogens with one attached hydrogen (secondary N) is 1. The molecule has 0 aliphatic rings. The molecule has 94 valence electrons. The van der Waals surface area contributed by atoms with E-state index in [0.29, 0.717) is 11.3 Å². The Morgan fingerprint density at radius 3 is 2.78 bits per heavy atom. The summed E-state index contributed by atoms with van der Waals surface area (Å²) in [5.41, 5.74) is 1.18. The van der Waals surface area contributed by atoms with E-state index < -0.39 is 0 Å². The van der Waals surface area contributed by atoms with Gasteiger partial charge in [-0.3, -0.25) is 14.5 Å². The highest BCUT2D eigenvalue weighted by atomic mass is 79.9. The number of halogens is 1. The fraction of sp³-hybridized carbons (Fsp3) is 0.250. The third-order valence-corrected chi connectivity index (χ3v) is 2.79. The second-order valence-corrected chi connectivity index (χ2v) is 5.06. The Morgan fingerprint density at radius 1 is 1.39 bits per heavy atom. The fourth-order valence-corrected chi connectivity index (χ4v) is 1.79. The number of rotatable bonds is 3. The number of aromatic nitrogens is 3. The minimum absolute atomic E-state index is 0.202. The van der Waals surface area contributed by atoms with Gasteiger partial charge in [0.05, 0.1) is 17.4 Å². The van der Waals surface area contributed by atoms with E-state index in [1.54, 1.807) is 29.3 Å². The molecule has 0 aliphatic heterocycles. The number of carbonyl (C=O) groups excluding carboxylic acids is 1. The first-order chi connectivity index (χ1) is 8.56. The Kier molecular flexibility index (Phi) is 3.76. The van der Waals surface area contributed by atoms with Crippen molar-refractivity contribution in [2.45, 2.75) is 19.9 Å². The van der Waals surface area contributed by atoms with Crippen molar-refractivity contribution in [2.24, 2.45) is 0 Å². The van der Waals surface area contributed by atoms with E-state index in [4.69, 9.17) is 0 Å². The Balaban J connectivity index is 2.11. The maximum absolute atomic E-state index is 11.9. The van der Waals surface area contributed by atoms with E-state index >= 15 is 0 Å². The highest BCUT2D eigenvalue weighted by molar-refractivity contribution is 9.10. The number of hydrogen-bond acceptors (Lipinski definition) is 3. The molecule has 1 N–H and O–H groups in total. The predicted octanol–water partition coefficient (Wildman–Crippen LogP) is 2.87. The maximum Gasteiger partial charge on any atom is 0.257 e. The van der Waals surface area contributed by atoms with Gasteiger partial charge >= 0.3 is 0 Å². The largest absolute Gasteiger partial charge is 0.319 e. The average molecular weight is 309 g/mol. The number of nitrogens with zero attached hydrogens (tertiary/aromatic N) is 3. The van der Waals surface area contributed by atoms with E-state index in [1.807, 2.05) is 13.8 Å². The Labute approximate surface area is 113 Å². The molecule has 0 saturated carbocycles. The van der Waals surface area contributed by atoms with Crippen molar-refractivity contribution >= 4 is 27.5 Å². The molecule has 0 atom stereocenters. The van der Waals surface area contributed by atoms with Crippen LogP contribution in [0.25, 0.3) is 0 Å². The van der Waals surface area contributed by atoms with Crippen LogP contribution in [0.2, 0.25) is 0 Å². The summed E-state index contributed by atoms with van der Waals surface area (Å²) in [6.45, 7) is 4.05. The summed E-state index contributed by atoms with van der Waals surface area (Å²) in [6, 6.07) is 1.98. The molecule has 0 fully saturated rings. The molecule has 2 heterocycles. The lowest BCUT2D eigenvalue weighted by molar-refractivity contribution is 0.102. The molecule has 18 heavy (non-hydrogen) atoms. The van der Waals surface area contributed by atoms with Gasteiger partial charge < -0.3 is 5.32 Å². The molecular formula is C12H13BrN4O. The molecule has 1 amide bonds. The van der Waals surface area contributed by atoms with E-state index in [2.05, 4.69) is 31.3 Å². The van der Waals surface area contributed by atoms with Gasteiger partial charge in [0.1, 0.15) is 0 Å². The van der Waals surface area contributed by atoms with E-state index in [1.165, 1.54) is 6.20 Å². The van der Waals surface area contributed by atoms with Gasteiger partial charge in [-0.25, -0.2) is 0 Å². The molecular weight excluding hydrogens is 296 g/mol. The first-order valence-electron chi connectivity index (χ1n) is 5.52. The zero-order chi connectivity index (χ0) is 13.1. The molecule has 0 spiro atoms. The summed E-state index contributed by atoms with van der Waals surface area (Å²) in [6.07, 6.45) is 6.58. The van der Waals surface area contributed by atoms with E-state index in [9.17, 15) is 4.79 Å². The highest BCUT2D eigenvalue weighted by Gasteiger charge is 2.09. The third kappa shape index (κ3) is 2.95. The van der Waals surface area contributed by atoms with Crippen LogP contribution >= 0.6 is 15.9 Å². The molecule has 0 unspecified atom stereocenters. The Hall–Kier alpha value is -1.69. The van der Waals surface area contributed by atoms with Crippen molar-refractivity contribution in [1.82, 2.24) is 14.8 Å². The SMILES string of the molecule is CC(C)n1cc(NC(=O)c2cncc(Br)c2)cn1. The zero-order valence-electron chi connectivity index (χ0n) is 10.1. The second-order valence-electron chi connectivity index (χ2n) is 4.15. The van der Waals surface area contributed by atoms with Gasteiger partial charge in [-0.1, -0.05) is 0 Å². The maximum atomic E-state index is 11.9. The first-order valence-corrected chi connectivity index (χ1v) is 6.31. The van der Waals surface area contributed by atoms with Crippen LogP contribution in [-0.2, 0) is 0 Å². The quantitative estimate of drug-likeness (QED) is 0.948. The number of carbonyl (C=O) groups is 1. The number of anilines is 1. The molecule has 0 saturated heterocycles. The fourth-order valence-electron chi connectivity index (χ4n) is 1.42. The van der Waals surface area contributed by atoms with Gasteiger partial charge in [-0.15, -0.1) is 0 Å². The van der Waals surface area contributed by atoms with Crippen LogP contribution in [-0.4, -0.2) is 20.7 Å². The van der Waals surface area contributed by atoms with Crippen LogP contribution in [0.4, 0.5) is 5.69 Å². The van der Waals surface area contributed by atoms with E-state index in [0.717, 1.165) is 4.47 Å². The lowest BCUT2D eigenvalue weighted by Gasteiger charge is -2.04. The summed E-state index contributed by atoms with van der Waals surface area (Å²) >= 11 is 3.28. The monoisotopic (exact) mass is 308 g/mol. The second kappa shape index (κ2) is 5.30. The van der Waals surface area contributed by atoms with Crippen LogP contribution in [0.3, 0.4) is 0 Å². The molecule has 2 aromatic heterocycles. The smallest absolute Gasteiger partial charge is 0.257 e. The molecule has 2 rings (SSSR count). The van der Waals surface area contributed by atoms with Gasteiger partial charge in [0.15, 0.2) is 0 Å². The predicted molar refractivity (Wildman–Crippen MR) is 72.5 cm³/mol. The Morgan fingerprint density at radius 2 is 2.17 bits per heavy atom. The molecule has 5 nitrogen and oxygen atoms in total. The van der Waals surface area contributed by atoms with Crippen molar-refractivity contribution in [3.05, 3.63) is 40.9 Å². The first kappa shape index (κ1) is 12.8. The van der Waals surface area contributed by atoms with Gasteiger partial charge in [-0.05, 0) is 35.8 Å². The minimum Gasteiger partial charge on any atom is -0.319 e. The van der Waals surface area contributed by atoms with Crippen molar-refractivity contribution in [2.75, 3.05) is 5.32 Å². The molecule has 0 radical (unpaired) electrons.